The van der Waals surface area contributed by atoms with E-state index in [1.165, 1.54) is 11.1 Å². The van der Waals surface area contributed by atoms with Gasteiger partial charge in [-0.25, -0.2) is 0 Å². The predicted octanol–water partition coefficient (Wildman–Crippen LogP) is 1.66. The summed E-state index contributed by atoms with van der Waals surface area (Å²) in [6, 6.07) is 6.33. The number of anilines is 2. The number of fused-ring (bicyclic) bond motifs is 1. The van der Waals surface area contributed by atoms with E-state index < -0.39 is 11.1 Å². The maximum Gasteiger partial charge on any atom is 0.232 e. The van der Waals surface area contributed by atoms with Crippen LogP contribution in [0.25, 0.3) is 0 Å². The summed E-state index contributed by atoms with van der Waals surface area (Å²) in [6.45, 7) is 3.32. The van der Waals surface area contributed by atoms with E-state index in [4.69, 9.17) is 10.5 Å². The second kappa shape index (κ2) is 7.12. The second-order valence-electron chi connectivity index (χ2n) is 5.69. The van der Waals surface area contributed by atoms with E-state index in [9.17, 15) is 4.55 Å². The van der Waals surface area contributed by atoms with Crippen LogP contribution in [-0.2, 0) is 13.0 Å². The van der Waals surface area contributed by atoms with Gasteiger partial charge in [-0.3, -0.25) is 0 Å². The van der Waals surface area contributed by atoms with E-state index in [2.05, 4.69) is 38.1 Å². The number of likely N-dealkylation sites (N-methyl/N-ethyl adjacent to an activating group) is 1. The molecule has 0 amide bonds. The molecule has 124 valence electrons. The lowest BCUT2D eigenvalue weighted by molar-refractivity contribution is 0.302. The predicted molar refractivity (Wildman–Crippen MR) is 90.2 cm³/mol. The van der Waals surface area contributed by atoms with Gasteiger partial charge in [0.25, 0.3) is 0 Å². The Hall–Kier alpha value is -1.90. The maximum absolute atomic E-state index is 11.1. The van der Waals surface area contributed by atoms with Gasteiger partial charge in [0.05, 0.1) is 6.61 Å². The van der Waals surface area contributed by atoms with Gasteiger partial charge in [-0.15, -0.1) is 0 Å². The summed E-state index contributed by atoms with van der Waals surface area (Å²) in [5, 5.41) is 3.02. The molecule has 1 unspecified atom stereocenters. The largest absolute Gasteiger partial charge is 0.546 e. The molecule has 8 heteroatoms. The first-order chi connectivity index (χ1) is 11.1. The fourth-order valence-corrected chi connectivity index (χ4v) is 3.24. The maximum atomic E-state index is 11.1. The van der Waals surface area contributed by atoms with E-state index >= 15 is 0 Å². The zero-order valence-corrected chi connectivity index (χ0v) is 13.9. The molecule has 1 aromatic carbocycles. The van der Waals surface area contributed by atoms with Crippen molar-refractivity contribution in [2.45, 2.75) is 19.4 Å². The van der Waals surface area contributed by atoms with Crippen LogP contribution in [0.5, 0.6) is 5.75 Å². The molecule has 1 aliphatic heterocycles. The monoisotopic (exact) mass is 335 g/mol. The van der Waals surface area contributed by atoms with E-state index in [1.807, 2.05) is 6.07 Å². The summed E-state index contributed by atoms with van der Waals surface area (Å²) in [5.74, 6) is 1.50. The highest BCUT2D eigenvalue weighted by Crippen LogP contribution is 2.23. The molecule has 1 atom stereocenters. The van der Waals surface area contributed by atoms with Crippen molar-refractivity contribution in [2.75, 3.05) is 37.8 Å². The minimum Gasteiger partial charge on any atom is -0.546 e. The van der Waals surface area contributed by atoms with Crippen LogP contribution in [0.2, 0.25) is 0 Å². The van der Waals surface area contributed by atoms with E-state index in [-0.39, 0.29) is 5.82 Å². The van der Waals surface area contributed by atoms with Crippen LogP contribution >= 0.6 is 11.1 Å². The van der Waals surface area contributed by atoms with E-state index in [1.54, 1.807) is 0 Å². The molecule has 2 aromatic rings. The Balaban J connectivity index is 1.44. The third kappa shape index (κ3) is 4.10. The summed E-state index contributed by atoms with van der Waals surface area (Å²) in [7, 11) is 2.13. The fourth-order valence-electron chi connectivity index (χ4n) is 2.63. The number of hydrogen-bond donors (Lipinski definition) is 2. The molecular weight excluding hydrogens is 314 g/mol. The molecule has 1 aromatic heterocycles. The Morgan fingerprint density at radius 2 is 2.26 bits per heavy atom. The van der Waals surface area contributed by atoms with Crippen LogP contribution in [0.3, 0.4) is 0 Å². The molecule has 0 saturated heterocycles. The number of hydrogen-bond acceptors (Lipinski definition) is 7. The van der Waals surface area contributed by atoms with Gasteiger partial charge < -0.3 is 25.2 Å². The van der Waals surface area contributed by atoms with Crippen molar-refractivity contribution in [3.05, 3.63) is 29.3 Å². The number of nitrogens with zero attached hydrogens (tertiary/aromatic N) is 3. The molecule has 7 nitrogen and oxygen atoms in total. The normalized spacial score (nSPS) is 15.3. The number of rotatable bonds is 6. The molecule has 0 bridgehead atoms. The molecule has 0 spiro atoms. The Morgan fingerprint density at radius 1 is 1.39 bits per heavy atom. The molecule has 0 radical (unpaired) electrons. The molecule has 23 heavy (non-hydrogen) atoms. The van der Waals surface area contributed by atoms with Crippen LogP contribution in [0.4, 0.5) is 11.6 Å². The number of nitrogen functional groups attached to an aromatic ring is 1. The average molecular weight is 335 g/mol. The zero-order valence-electron chi connectivity index (χ0n) is 13.1. The van der Waals surface area contributed by atoms with Crippen LogP contribution in [0.1, 0.15) is 17.5 Å². The smallest absolute Gasteiger partial charge is 0.232 e. The van der Waals surface area contributed by atoms with Crippen LogP contribution in [0.15, 0.2) is 18.2 Å². The van der Waals surface area contributed by atoms with Gasteiger partial charge in [-0.1, -0.05) is 6.07 Å². The van der Waals surface area contributed by atoms with Crippen LogP contribution < -0.4 is 15.8 Å². The van der Waals surface area contributed by atoms with Crippen LogP contribution in [0, 0.1) is 0 Å². The highest BCUT2D eigenvalue weighted by molar-refractivity contribution is 7.14. The highest BCUT2D eigenvalue weighted by atomic mass is 32.2. The van der Waals surface area contributed by atoms with Gasteiger partial charge in [0.1, 0.15) is 5.75 Å². The second-order valence-corrected chi connectivity index (χ2v) is 6.52. The molecule has 3 N–H and O–H groups in total. The lowest BCUT2D eigenvalue weighted by Crippen LogP contribution is -2.26. The number of nitrogens with one attached hydrogen (secondary N) is 1. The summed E-state index contributed by atoms with van der Waals surface area (Å²) >= 11 is -1.57. The van der Waals surface area contributed by atoms with Crippen molar-refractivity contribution in [1.82, 2.24) is 13.6 Å². The lowest BCUT2D eigenvalue weighted by atomic mass is 10.00. The third-order valence-electron chi connectivity index (χ3n) is 3.85. The van der Waals surface area contributed by atoms with Gasteiger partial charge in [0, 0.05) is 28.4 Å². The van der Waals surface area contributed by atoms with Gasteiger partial charge in [0.2, 0.25) is 11.6 Å². The van der Waals surface area contributed by atoms with Crippen molar-refractivity contribution in [1.29, 1.82) is 0 Å². The zero-order chi connectivity index (χ0) is 16.2. The van der Waals surface area contributed by atoms with Gasteiger partial charge in [0.15, 0.2) is 11.1 Å². The minimum atomic E-state index is -1.57. The standard InChI is InChI=1S/C15H21N5O2S/c1-20-7-5-11-3-4-13(9-12(11)10-20)22-8-2-6-17-15-14(16)18-23(21)19-15/h3-4,9H,2,5-8,10H2,1H3,(H2,16,18)(H,17,19). The van der Waals surface area contributed by atoms with Crippen LogP contribution in [-0.4, -0.2) is 44.9 Å². The summed E-state index contributed by atoms with van der Waals surface area (Å²) in [5.41, 5.74) is 8.34. The molecule has 3 rings (SSSR count). The topological polar surface area (TPSA) is 99.4 Å². The first-order valence-corrected chi connectivity index (χ1v) is 8.70. The van der Waals surface area contributed by atoms with Crippen molar-refractivity contribution in [3.8, 4) is 5.75 Å². The van der Waals surface area contributed by atoms with Crippen molar-refractivity contribution >= 4 is 22.8 Å². The molecule has 1 aliphatic rings. The van der Waals surface area contributed by atoms with E-state index in [0.29, 0.717) is 19.0 Å². The first-order valence-electron chi connectivity index (χ1n) is 7.64. The first kappa shape index (κ1) is 16.0. The lowest BCUT2D eigenvalue weighted by Gasteiger charge is -2.25. The Bertz CT molecular complexity index is 676. The van der Waals surface area contributed by atoms with Crippen molar-refractivity contribution < 1.29 is 9.29 Å². The van der Waals surface area contributed by atoms with Crippen molar-refractivity contribution in [2.24, 2.45) is 0 Å². The summed E-state index contributed by atoms with van der Waals surface area (Å²) in [6.07, 6.45) is 1.89. The summed E-state index contributed by atoms with van der Waals surface area (Å²) in [4.78, 5) is 2.31. The molecule has 0 fully saturated rings. The minimum absolute atomic E-state index is 0.197. The molecule has 2 heterocycles. The SMILES string of the molecule is CN1CCc2ccc(OCCCNc3n[s+]([O-])nc3N)cc2C1. The van der Waals surface area contributed by atoms with E-state index in [0.717, 1.165) is 31.7 Å². The molecule has 0 saturated carbocycles. The Kier molecular flexibility index (Phi) is 4.94. The highest BCUT2D eigenvalue weighted by Gasteiger charge is 2.14. The quantitative estimate of drug-likeness (QED) is 0.611. The number of benzene rings is 1. The number of ether oxygens (including phenoxy) is 1. The molecular formula is C15H21N5O2S. The number of nitrogens with two attached hydrogens (primary N) is 1. The number of aromatic nitrogens is 2. The van der Waals surface area contributed by atoms with Gasteiger partial charge in [-0.05, 0) is 43.1 Å². The van der Waals surface area contributed by atoms with Crippen molar-refractivity contribution in [3.63, 3.8) is 0 Å². The molecule has 0 aliphatic carbocycles. The average Bonchev–Trinajstić information content (AvgIpc) is 2.84. The third-order valence-corrected chi connectivity index (χ3v) is 4.54. The Morgan fingerprint density at radius 3 is 3.04 bits per heavy atom. The van der Waals surface area contributed by atoms with Gasteiger partial charge in [-0.2, -0.15) is 0 Å². The van der Waals surface area contributed by atoms with Gasteiger partial charge >= 0.3 is 0 Å². The Labute approximate surface area is 138 Å². The fraction of sp³-hybridized carbons (Fsp3) is 0.467. The summed E-state index contributed by atoms with van der Waals surface area (Å²) < 4.78 is 24.3.